The molecule has 1 saturated heterocycles. The molecule has 1 amide bonds. The summed E-state index contributed by atoms with van der Waals surface area (Å²) in [6.07, 6.45) is 1.78. The second-order valence-corrected chi connectivity index (χ2v) is 8.50. The summed E-state index contributed by atoms with van der Waals surface area (Å²) in [5.41, 5.74) is 2.59. The van der Waals surface area contributed by atoms with Gasteiger partial charge in [-0.1, -0.05) is 17.7 Å². The van der Waals surface area contributed by atoms with E-state index in [-0.39, 0.29) is 18.0 Å². The third kappa shape index (κ3) is 3.73. The predicted molar refractivity (Wildman–Crippen MR) is 118 cm³/mol. The first kappa shape index (κ1) is 18.9. The van der Waals surface area contributed by atoms with Crippen LogP contribution in [0.25, 0.3) is 0 Å². The molecule has 8 heteroatoms. The standard InChI is InChI=1S/C20H17ClN4OS2/c1-12(26)23-13-5-7-14(8-6-13)25-19(16-9-10-17(21)28-16)18(24-20(25)27)15-4-2-3-11-22-15/h2-11,18-19H,1H3,(H,23,26)(H,24,27)/t18-,19+/m0/s1. The van der Waals surface area contributed by atoms with Crippen LogP contribution in [0.1, 0.15) is 29.6 Å². The summed E-state index contributed by atoms with van der Waals surface area (Å²) in [6.45, 7) is 1.49. The summed E-state index contributed by atoms with van der Waals surface area (Å²) in [7, 11) is 0. The van der Waals surface area contributed by atoms with Crippen molar-refractivity contribution in [3.05, 3.63) is 75.7 Å². The van der Waals surface area contributed by atoms with Gasteiger partial charge in [0.15, 0.2) is 5.11 Å². The monoisotopic (exact) mass is 428 g/mol. The van der Waals surface area contributed by atoms with Crippen LogP contribution in [-0.2, 0) is 4.79 Å². The molecule has 1 aromatic carbocycles. The Morgan fingerprint density at radius 1 is 1.21 bits per heavy atom. The average molecular weight is 429 g/mol. The van der Waals surface area contributed by atoms with E-state index in [0.29, 0.717) is 5.11 Å². The number of thiocarbonyl (C=S) groups is 1. The minimum absolute atomic E-state index is 0.0773. The number of nitrogens with one attached hydrogen (secondary N) is 2. The summed E-state index contributed by atoms with van der Waals surface area (Å²) in [4.78, 5) is 19.0. The summed E-state index contributed by atoms with van der Waals surface area (Å²) in [5.74, 6) is -0.104. The van der Waals surface area contributed by atoms with Gasteiger partial charge in [0.1, 0.15) is 0 Å². The third-order valence-corrected chi connectivity index (χ3v) is 6.07. The van der Waals surface area contributed by atoms with Gasteiger partial charge in [-0.25, -0.2) is 0 Å². The summed E-state index contributed by atoms with van der Waals surface area (Å²) in [5, 5.41) is 6.82. The van der Waals surface area contributed by atoms with Crippen LogP contribution < -0.4 is 15.5 Å². The molecule has 0 saturated carbocycles. The van der Waals surface area contributed by atoms with Gasteiger partial charge in [-0.2, -0.15) is 0 Å². The molecule has 1 fully saturated rings. The first-order valence-corrected chi connectivity index (χ1v) is 10.3. The summed E-state index contributed by atoms with van der Waals surface area (Å²) < 4.78 is 0.730. The maximum Gasteiger partial charge on any atom is 0.221 e. The maximum absolute atomic E-state index is 11.3. The number of carbonyl (C=O) groups excluding carboxylic acids is 1. The predicted octanol–water partition coefficient (Wildman–Crippen LogP) is 4.93. The Morgan fingerprint density at radius 3 is 2.61 bits per heavy atom. The molecule has 1 aliphatic rings. The number of nitrogens with zero attached hydrogens (tertiary/aromatic N) is 2. The first-order chi connectivity index (χ1) is 13.5. The van der Waals surface area contributed by atoms with Crippen LogP contribution in [0.4, 0.5) is 11.4 Å². The topological polar surface area (TPSA) is 57.3 Å². The Bertz CT molecular complexity index is 1010. The Balaban J connectivity index is 1.74. The Labute approximate surface area is 177 Å². The SMILES string of the molecule is CC(=O)Nc1ccc(N2C(=S)N[C@@H](c3ccccn3)[C@H]2c2ccc(Cl)s2)cc1. The van der Waals surface area contributed by atoms with Crippen molar-refractivity contribution in [2.75, 3.05) is 10.2 Å². The largest absolute Gasteiger partial charge is 0.351 e. The van der Waals surface area contributed by atoms with E-state index in [9.17, 15) is 4.79 Å². The molecule has 142 valence electrons. The Kier molecular flexibility index (Phi) is 5.30. The van der Waals surface area contributed by atoms with Crippen molar-refractivity contribution in [2.24, 2.45) is 0 Å². The molecule has 2 aromatic heterocycles. The van der Waals surface area contributed by atoms with E-state index in [1.165, 1.54) is 18.3 Å². The minimum atomic E-state index is -0.104. The van der Waals surface area contributed by atoms with Gasteiger partial charge < -0.3 is 15.5 Å². The van der Waals surface area contributed by atoms with Crippen molar-refractivity contribution in [1.82, 2.24) is 10.3 Å². The molecule has 0 aliphatic carbocycles. The van der Waals surface area contributed by atoms with E-state index in [0.717, 1.165) is 26.3 Å². The van der Waals surface area contributed by atoms with Gasteiger partial charge in [0.2, 0.25) is 5.91 Å². The van der Waals surface area contributed by atoms with Gasteiger partial charge in [0, 0.05) is 29.4 Å². The highest BCUT2D eigenvalue weighted by molar-refractivity contribution is 7.80. The molecule has 4 rings (SSSR count). The lowest BCUT2D eigenvalue weighted by atomic mass is 10.0. The number of hydrogen-bond acceptors (Lipinski definition) is 4. The number of benzene rings is 1. The van der Waals surface area contributed by atoms with E-state index in [1.54, 1.807) is 6.20 Å². The second kappa shape index (κ2) is 7.87. The molecule has 0 bridgehead atoms. The molecule has 1 aliphatic heterocycles. The van der Waals surface area contributed by atoms with Crippen molar-refractivity contribution in [3.8, 4) is 0 Å². The fourth-order valence-electron chi connectivity index (χ4n) is 3.32. The van der Waals surface area contributed by atoms with E-state index in [2.05, 4.69) is 20.5 Å². The van der Waals surface area contributed by atoms with Crippen LogP contribution in [0.2, 0.25) is 4.34 Å². The molecule has 2 N–H and O–H groups in total. The lowest BCUT2D eigenvalue weighted by Gasteiger charge is -2.27. The van der Waals surface area contributed by atoms with Crippen LogP contribution in [0.5, 0.6) is 0 Å². The lowest BCUT2D eigenvalue weighted by Crippen LogP contribution is -2.29. The van der Waals surface area contributed by atoms with Crippen molar-refractivity contribution in [2.45, 2.75) is 19.0 Å². The zero-order chi connectivity index (χ0) is 19.7. The number of anilines is 2. The van der Waals surface area contributed by atoms with E-state index < -0.39 is 0 Å². The number of carbonyl (C=O) groups is 1. The number of thiophene rings is 1. The molecule has 5 nitrogen and oxygen atoms in total. The Hall–Kier alpha value is -2.48. The Morgan fingerprint density at radius 2 is 2.00 bits per heavy atom. The summed E-state index contributed by atoms with van der Waals surface area (Å²) in [6, 6.07) is 17.2. The van der Waals surface area contributed by atoms with Crippen LogP contribution >= 0.6 is 35.2 Å². The van der Waals surface area contributed by atoms with Gasteiger partial charge in [-0.3, -0.25) is 9.78 Å². The van der Waals surface area contributed by atoms with Crippen molar-refractivity contribution < 1.29 is 4.79 Å². The van der Waals surface area contributed by atoms with Crippen molar-refractivity contribution in [3.63, 3.8) is 0 Å². The van der Waals surface area contributed by atoms with Crippen LogP contribution in [0.15, 0.2) is 60.8 Å². The summed E-state index contributed by atoms with van der Waals surface area (Å²) >= 11 is 13.4. The van der Waals surface area contributed by atoms with Crippen LogP contribution in [-0.4, -0.2) is 16.0 Å². The maximum atomic E-state index is 11.3. The number of pyridine rings is 1. The van der Waals surface area contributed by atoms with Crippen molar-refractivity contribution in [1.29, 1.82) is 0 Å². The second-order valence-electron chi connectivity index (χ2n) is 6.37. The normalized spacial score (nSPS) is 18.8. The van der Waals surface area contributed by atoms with Crippen LogP contribution in [0, 0.1) is 0 Å². The lowest BCUT2D eigenvalue weighted by molar-refractivity contribution is -0.114. The van der Waals surface area contributed by atoms with E-state index in [1.807, 2.05) is 54.6 Å². The number of amides is 1. The highest BCUT2D eigenvalue weighted by Gasteiger charge is 2.41. The zero-order valence-corrected chi connectivity index (χ0v) is 17.3. The van der Waals surface area contributed by atoms with Crippen LogP contribution in [0.3, 0.4) is 0 Å². The number of hydrogen-bond donors (Lipinski definition) is 2. The molecule has 3 aromatic rings. The number of rotatable bonds is 4. The fraction of sp³-hybridized carbons (Fsp3) is 0.150. The van der Waals surface area contributed by atoms with Gasteiger partial charge in [0.05, 0.1) is 22.1 Å². The smallest absolute Gasteiger partial charge is 0.221 e. The molecular formula is C20H17ClN4OS2. The molecular weight excluding hydrogens is 412 g/mol. The van der Waals surface area contributed by atoms with Gasteiger partial charge >= 0.3 is 0 Å². The fourth-order valence-corrected chi connectivity index (χ4v) is 4.85. The average Bonchev–Trinajstić information content (AvgIpc) is 3.26. The van der Waals surface area contributed by atoms with Crippen molar-refractivity contribution >= 4 is 57.5 Å². The van der Waals surface area contributed by atoms with Gasteiger partial charge in [0.25, 0.3) is 0 Å². The highest BCUT2D eigenvalue weighted by atomic mass is 35.5. The first-order valence-electron chi connectivity index (χ1n) is 8.66. The third-order valence-electron chi connectivity index (χ3n) is 4.45. The highest BCUT2D eigenvalue weighted by Crippen LogP contribution is 2.44. The van der Waals surface area contributed by atoms with Gasteiger partial charge in [-0.15, -0.1) is 11.3 Å². The number of aromatic nitrogens is 1. The van der Waals surface area contributed by atoms with Gasteiger partial charge in [-0.05, 0) is 60.7 Å². The molecule has 3 heterocycles. The molecule has 2 atom stereocenters. The van der Waals surface area contributed by atoms with E-state index in [4.69, 9.17) is 23.8 Å². The molecule has 0 radical (unpaired) electrons. The number of halogens is 1. The molecule has 28 heavy (non-hydrogen) atoms. The minimum Gasteiger partial charge on any atom is -0.351 e. The molecule has 0 spiro atoms. The van der Waals surface area contributed by atoms with E-state index >= 15 is 0 Å². The zero-order valence-electron chi connectivity index (χ0n) is 14.9. The molecule has 0 unspecified atom stereocenters. The quantitative estimate of drug-likeness (QED) is 0.577.